The number of hydrogen-bond donors (Lipinski definition) is 1. The van der Waals surface area contributed by atoms with Gasteiger partial charge in [-0.15, -0.1) is 0 Å². The van der Waals surface area contributed by atoms with Gasteiger partial charge in [-0.2, -0.15) is 0 Å². The van der Waals surface area contributed by atoms with E-state index in [-0.39, 0.29) is 25.0 Å². The minimum absolute atomic E-state index is 0.162. The average molecular weight is 552 g/mol. The lowest BCUT2D eigenvalue weighted by Gasteiger charge is -2.33. The molecule has 5 nitrogen and oxygen atoms in total. The molecule has 0 fully saturated rings. The molecule has 3 aromatic rings. The molecule has 1 N–H and O–H groups in total. The first-order valence-electron chi connectivity index (χ1n) is 12.1. The van der Waals surface area contributed by atoms with E-state index in [1.807, 2.05) is 107 Å². The Morgan fingerprint density at radius 3 is 2.25 bits per heavy atom. The summed E-state index contributed by atoms with van der Waals surface area (Å²) in [6.07, 6.45) is 0.395. The summed E-state index contributed by atoms with van der Waals surface area (Å²) in [7, 11) is 0. The number of benzene rings is 3. The van der Waals surface area contributed by atoms with Gasteiger partial charge in [-0.3, -0.25) is 9.59 Å². The molecule has 0 aliphatic carbocycles. The van der Waals surface area contributed by atoms with Gasteiger partial charge in [0.05, 0.1) is 0 Å². The van der Waals surface area contributed by atoms with Crippen molar-refractivity contribution in [3.63, 3.8) is 0 Å². The summed E-state index contributed by atoms with van der Waals surface area (Å²) < 4.78 is 6.81. The van der Waals surface area contributed by atoms with E-state index in [0.29, 0.717) is 12.2 Å². The molecule has 0 heterocycles. The molecule has 0 aliphatic heterocycles. The van der Waals surface area contributed by atoms with Crippen molar-refractivity contribution in [3.8, 4) is 5.75 Å². The van der Waals surface area contributed by atoms with Crippen LogP contribution in [0, 0.1) is 13.8 Å². The van der Waals surface area contributed by atoms with Crippen LogP contribution in [0.2, 0.25) is 0 Å². The Bertz CT molecular complexity index is 1190. The summed E-state index contributed by atoms with van der Waals surface area (Å²) in [4.78, 5) is 28.9. The van der Waals surface area contributed by atoms with E-state index in [2.05, 4.69) is 21.2 Å². The fourth-order valence-corrected chi connectivity index (χ4v) is 4.32. The minimum atomic E-state index is -0.707. The lowest BCUT2D eigenvalue weighted by molar-refractivity contribution is -0.143. The van der Waals surface area contributed by atoms with Crippen molar-refractivity contribution in [1.29, 1.82) is 0 Å². The van der Waals surface area contributed by atoms with Crippen LogP contribution in [0.15, 0.2) is 77.3 Å². The molecular formula is C30H35BrN2O3. The number of nitrogens with one attached hydrogen (secondary N) is 1. The predicted octanol–water partition coefficient (Wildman–Crippen LogP) is 6.00. The molecule has 0 unspecified atom stereocenters. The maximum atomic E-state index is 13.7. The van der Waals surface area contributed by atoms with Gasteiger partial charge in [-0.1, -0.05) is 64.5 Å². The van der Waals surface area contributed by atoms with Crippen LogP contribution >= 0.6 is 15.9 Å². The number of rotatable bonds is 9. The molecule has 0 aliphatic rings. The Kier molecular flexibility index (Phi) is 9.32. The number of hydrogen-bond acceptors (Lipinski definition) is 3. The van der Waals surface area contributed by atoms with Crippen molar-refractivity contribution in [3.05, 3.63) is 99.5 Å². The zero-order valence-corrected chi connectivity index (χ0v) is 23.3. The van der Waals surface area contributed by atoms with E-state index < -0.39 is 11.6 Å². The maximum absolute atomic E-state index is 13.7. The zero-order valence-electron chi connectivity index (χ0n) is 21.7. The van der Waals surface area contributed by atoms with Gasteiger partial charge in [-0.05, 0) is 81.1 Å². The summed E-state index contributed by atoms with van der Waals surface area (Å²) in [6, 6.07) is 22.6. The molecule has 0 saturated heterocycles. The number of halogens is 1. The Hall–Kier alpha value is -3.12. The van der Waals surface area contributed by atoms with Gasteiger partial charge in [0.2, 0.25) is 5.91 Å². The van der Waals surface area contributed by atoms with Crippen molar-refractivity contribution < 1.29 is 14.3 Å². The monoisotopic (exact) mass is 550 g/mol. The van der Waals surface area contributed by atoms with Gasteiger partial charge in [0.15, 0.2) is 6.61 Å². The highest BCUT2D eigenvalue weighted by Crippen LogP contribution is 2.20. The van der Waals surface area contributed by atoms with Crippen LogP contribution in [0.1, 0.15) is 43.0 Å². The van der Waals surface area contributed by atoms with Crippen LogP contribution in [-0.4, -0.2) is 34.9 Å². The van der Waals surface area contributed by atoms with Gasteiger partial charge in [-0.25, -0.2) is 0 Å². The topological polar surface area (TPSA) is 58.6 Å². The quantitative estimate of drug-likeness (QED) is 0.355. The average Bonchev–Trinajstić information content (AvgIpc) is 2.81. The minimum Gasteiger partial charge on any atom is -0.484 e. The number of carbonyl (C=O) groups excluding carboxylic acids is 2. The molecule has 0 saturated carbocycles. The fourth-order valence-electron chi connectivity index (χ4n) is 3.87. The van der Waals surface area contributed by atoms with Crippen LogP contribution in [0.3, 0.4) is 0 Å². The molecule has 36 heavy (non-hydrogen) atoms. The number of aryl methyl sites for hydroxylation is 2. The third kappa shape index (κ3) is 8.23. The van der Waals surface area contributed by atoms with E-state index in [1.54, 1.807) is 4.90 Å². The lowest BCUT2D eigenvalue weighted by atomic mass is 10.0. The standard InChI is InChI=1S/C30H35BrN2O3/c1-21-14-15-26(16-22(21)2)36-20-28(34)33(19-24-12-9-13-25(31)17-24)27(29(35)32-30(3,4)5)18-23-10-7-6-8-11-23/h6-17,27H,18-20H2,1-5H3,(H,32,35)/t27-/m0/s1. The molecule has 2 amide bonds. The van der Waals surface area contributed by atoms with E-state index in [1.165, 1.54) is 0 Å². The van der Waals surface area contributed by atoms with Gasteiger partial charge >= 0.3 is 0 Å². The van der Waals surface area contributed by atoms with Gasteiger partial charge < -0.3 is 15.0 Å². The molecule has 0 aromatic heterocycles. The summed E-state index contributed by atoms with van der Waals surface area (Å²) in [6.45, 7) is 9.98. The Morgan fingerprint density at radius 1 is 0.917 bits per heavy atom. The normalized spacial score (nSPS) is 12.1. The van der Waals surface area contributed by atoms with Crippen molar-refractivity contribution in [1.82, 2.24) is 10.2 Å². The highest BCUT2D eigenvalue weighted by molar-refractivity contribution is 9.10. The lowest BCUT2D eigenvalue weighted by Crippen LogP contribution is -2.55. The van der Waals surface area contributed by atoms with E-state index >= 15 is 0 Å². The molecule has 3 rings (SSSR count). The summed E-state index contributed by atoms with van der Waals surface area (Å²) in [5.41, 5.74) is 3.72. The third-order valence-electron chi connectivity index (χ3n) is 5.85. The molecule has 1 atom stereocenters. The molecule has 0 radical (unpaired) electrons. The number of amides is 2. The van der Waals surface area contributed by atoms with Gasteiger partial charge in [0, 0.05) is 23.0 Å². The third-order valence-corrected chi connectivity index (χ3v) is 6.35. The summed E-state index contributed by atoms with van der Waals surface area (Å²) in [5, 5.41) is 3.08. The molecule has 0 spiro atoms. The van der Waals surface area contributed by atoms with Crippen molar-refractivity contribution in [2.24, 2.45) is 0 Å². The van der Waals surface area contributed by atoms with Crippen molar-refractivity contribution >= 4 is 27.7 Å². The van der Waals surface area contributed by atoms with Crippen LogP contribution < -0.4 is 10.1 Å². The number of carbonyl (C=O) groups is 2. The molecule has 6 heteroatoms. The molecule has 190 valence electrons. The molecular weight excluding hydrogens is 516 g/mol. The van der Waals surface area contributed by atoms with E-state index in [4.69, 9.17) is 4.74 Å². The molecule has 0 bridgehead atoms. The van der Waals surface area contributed by atoms with Crippen molar-refractivity contribution in [2.75, 3.05) is 6.61 Å². The van der Waals surface area contributed by atoms with Crippen LogP contribution in [0.5, 0.6) is 5.75 Å². The molecule has 3 aromatic carbocycles. The van der Waals surface area contributed by atoms with Gasteiger partial charge in [0.25, 0.3) is 5.91 Å². The van der Waals surface area contributed by atoms with Crippen LogP contribution in [0.25, 0.3) is 0 Å². The predicted molar refractivity (Wildman–Crippen MR) is 148 cm³/mol. The number of ether oxygens (including phenoxy) is 1. The summed E-state index contributed by atoms with van der Waals surface area (Å²) >= 11 is 3.52. The zero-order chi connectivity index (χ0) is 26.3. The van der Waals surface area contributed by atoms with Gasteiger partial charge in [0.1, 0.15) is 11.8 Å². The summed E-state index contributed by atoms with van der Waals surface area (Å²) in [5.74, 6) is 0.187. The highest BCUT2D eigenvalue weighted by atomic mass is 79.9. The second kappa shape index (κ2) is 12.2. The SMILES string of the molecule is Cc1ccc(OCC(=O)N(Cc2cccc(Br)c2)[C@@H](Cc2ccccc2)C(=O)NC(C)(C)C)cc1C. The number of nitrogens with zero attached hydrogens (tertiary/aromatic N) is 1. The highest BCUT2D eigenvalue weighted by Gasteiger charge is 2.32. The maximum Gasteiger partial charge on any atom is 0.261 e. The van der Waals surface area contributed by atoms with E-state index in [0.717, 1.165) is 26.7 Å². The Balaban J connectivity index is 1.93. The van der Waals surface area contributed by atoms with Crippen LogP contribution in [-0.2, 0) is 22.6 Å². The smallest absolute Gasteiger partial charge is 0.261 e. The van der Waals surface area contributed by atoms with E-state index in [9.17, 15) is 9.59 Å². The largest absolute Gasteiger partial charge is 0.484 e. The van der Waals surface area contributed by atoms with Crippen molar-refractivity contribution in [2.45, 2.75) is 59.2 Å². The Morgan fingerprint density at radius 2 is 1.61 bits per heavy atom. The van der Waals surface area contributed by atoms with Crippen LogP contribution in [0.4, 0.5) is 0 Å². The first-order chi connectivity index (χ1) is 17.0. The second-order valence-electron chi connectivity index (χ2n) is 10.1. The fraction of sp³-hybridized carbons (Fsp3) is 0.333. The first-order valence-corrected chi connectivity index (χ1v) is 12.9. The first kappa shape index (κ1) is 27.5. The Labute approximate surface area is 223 Å². The second-order valence-corrected chi connectivity index (χ2v) is 11.0.